The molecule has 3 fully saturated rings. The van der Waals surface area contributed by atoms with Crippen molar-refractivity contribution in [3.8, 4) is 0 Å². The lowest BCUT2D eigenvalue weighted by atomic mass is 9.75. The number of piperidine rings is 1. The summed E-state index contributed by atoms with van der Waals surface area (Å²) in [6.07, 6.45) is -1.75. The van der Waals surface area contributed by atoms with E-state index in [4.69, 9.17) is 0 Å². The minimum absolute atomic E-state index is 0.0368. The molecule has 0 spiro atoms. The predicted octanol–water partition coefficient (Wildman–Crippen LogP) is 2.63. The Labute approximate surface area is 178 Å². The summed E-state index contributed by atoms with van der Waals surface area (Å²) in [7, 11) is 0. The van der Waals surface area contributed by atoms with E-state index in [2.05, 4.69) is 0 Å². The Bertz CT molecular complexity index is 899. The van der Waals surface area contributed by atoms with E-state index in [1.54, 1.807) is 0 Å². The van der Waals surface area contributed by atoms with E-state index in [0.717, 1.165) is 29.9 Å². The van der Waals surface area contributed by atoms with Crippen molar-refractivity contribution in [2.24, 2.45) is 0 Å². The molecule has 4 rings (SSSR count). The van der Waals surface area contributed by atoms with Gasteiger partial charge < -0.3 is 10.0 Å². The van der Waals surface area contributed by atoms with Crippen LogP contribution in [0.1, 0.15) is 56.1 Å². The normalized spacial score (nSPS) is 27.2. The second-order valence-electron chi connectivity index (χ2n) is 8.73. The van der Waals surface area contributed by atoms with E-state index >= 15 is 0 Å². The molecule has 2 atom stereocenters. The zero-order chi connectivity index (χ0) is 22.4. The molecular formula is C22H25F3N2O4. The summed E-state index contributed by atoms with van der Waals surface area (Å²) in [6, 6.07) is 3.78. The molecular weight excluding hydrogens is 413 g/mol. The molecule has 1 aliphatic carbocycles. The molecule has 0 radical (unpaired) electrons. The van der Waals surface area contributed by atoms with Gasteiger partial charge in [-0.05, 0) is 43.7 Å². The van der Waals surface area contributed by atoms with Crippen LogP contribution in [0.25, 0.3) is 0 Å². The first kappa shape index (κ1) is 21.8. The van der Waals surface area contributed by atoms with Crippen LogP contribution in [-0.2, 0) is 26.0 Å². The van der Waals surface area contributed by atoms with Gasteiger partial charge in [0.25, 0.3) is 0 Å². The van der Waals surface area contributed by atoms with Crippen molar-refractivity contribution in [1.82, 2.24) is 9.80 Å². The number of aliphatic hydroxyl groups excluding tert-OH is 1. The summed E-state index contributed by atoms with van der Waals surface area (Å²) in [5.41, 5.74) is -2.54. The number of halogens is 3. The number of aliphatic hydroxyl groups is 1. The van der Waals surface area contributed by atoms with E-state index in [-0.39, 0.29) is 30.7 Å². The van der Waals surface area contributed by atoms with Crippen LogP contribution < -0.4 is 0 Å². The zero-order valence-electron chi connectivity index (χ0n) is 17.0. The first-order valence-electron chi connectivity index (χ1n) is 10.6. The van der Waals surface area contributed by atoms with Crippen LogP contribution in [-0.4, -0.2) is 57.9 Å². The van der Waals surface area contributed by atoms with Gasteiger partial charge in [-0.1, -0.05) is 18.2 Å². The highest BCUT2D eigenvalue weighted by molar-refractivity contribution is 6.11. The molecule has 1 aromatic carbocycles. The summed E-state index contributed by atoms with van der Waals surface area (Å²) in [6.45, 7) is 0.195. The lowest BCUT2D eigenvalue weighted by molar-refractivity contribution is -0.144. The molecule has 1 N–H and O–H groups in total. The van der Waals surface area contributed by atoms with Crippen LogP contribution in [0, 0.1) is 0 Å². The van der Waals surface area contributed by atoms with Gasteiger partial charge in [0.1, 0.15) is 0 Å². The Kier molecular flexibility index (Phi) is 5.57. The second kappa shape index (κ2) is 7.93. The molecule has 31 heavy (non-hydrogen) atoms. The van der Waals surface area contributed by atoms with Gasteiger partial charge in [-0.3, -0.25) is 19.3 Å². The molecule has 2 heterocycles. The summed E-state index contributed by atoms with van der Waals surface area (Å²) in [4.78, 5) is 42.1. The number of alkyl halides is 3. The minimum Gasteiger partial charge on any atom is -0.394 e. The van der Waals surface area contributed by atoms with Crippen LogP contribution in [0.4, 0.5) is 13.2 Å². The van der Waals surface area contributed by atoms with Gasteiger partial charge in [0.15, 0.2) is 0 Å². The maximum Gasteiger partial charge on any atom is 0.416 e. The molecule has 1 aromatic rings. The molecule has 3 aliphatic rings. The lowest BCUT2D eigenvalue weighted by Crippen LogP contribution is -2.49. The molecule has 0 bridgehead atoms. The van der Waals surface area contributed by atoms with Crippen molar-refractivity contribution in [1.29, 1.82) is 0 Å². The molecule has 0 aromatic heterocycles. The van der Waals surface area contributed by atoms with Crippen molar-refractivity contribution in [3.63, 3.8) is 0 Å². The topological polar surface area (TPSA) is 77.9 Å². The Balaban J connectivity index is 1.73. The highest BCUT2D eigenvalue weighted by Crippen LogP contribution is 2.45. The molecule has 2 saturated heterocycles. The quantitative estimate of drug-likeness (QED) is 0.717. The first-order valence-corrected chi connectivity index (χ1v) is 10.6. The standard InChI is InChI=1S/C22H25F3N2O4/c23-22(24,25)15-5-3-4-14(10-15)21(12-19(30)27(20(21)31)16-7-8-16)11-18(29)26-9-2-1-6-17(26)13-28/h3-5,10,16-17,28H,1-2,6-9,11-13H2/t17-,21+/m1/s1. The van der Waals surface area contributed by atoms with Crippen molar-refractivity contribution >= 4 is 17.7 Å². The molecule has 6 nitrogen and oxygen atoms in total. The van der Waals surface area contributed by atoms with Crippen LogP contribution in [0.5, 0.6) is 0 Å². The summed E-state index contributed by atoms with van der Waals surface area (Å²) in [5.74, 6) is -1.46. The Morgan fingerprint density at radius 2 is 1.90 bits per heavy atom. The van der Waals surface area contributed by atoms with Crippen LogP contribution >= 0.6 is 0 Å². The summed E-state index contributed by atoms with van der Waals surface area (Å²) < 4.78 is 40.1. The Morgan fingerprint density at radius 1 is 1.16 bits per heavy atom. The first-order chi connectivity index (χ1) is 14.7. The Hall–Kier alpha value is -2.42. The number of rotatable bonds is 5. The smallest absolute Gasteiger partial charge is 0.394 e. The molecule has 0 unspecified atom stereocenters. The van der Waals surface area contributed by atoms with Crippen molar-refractivity contribution in [2.45, 2.75) is 68.6 Å². The monoisotopic (exact) mass is 438 g/mol. The van der Waals surface area contributed by atoms with Gasteiger partial charge in [0, 0.05) is 25.4 Å². The number of carbonyl (C=O) groups excluding carboxylic acids is 3. The number of amides is 3. The van der Waals surface area contributed by atoms with Gasteiger partial charge in [0.05, 0.1) is 23.6 Å². The third kappa shape index (κ3) is 3.95. The van der Waals surface area contributed by atoms with Crippen molar-refractivity contribution in [3.05, 3.63) is 35.4 Å². The average molecular weight is 438 g/mol. The minimum atomic E-state index is -4.61. The van der Waals surface area contributed by atoms with E-state index < -0.39 is 41.3 Å². The number of imide groups is 1. The van der Waals surface area contributed by atoms with Crippen LogP contribution in [0.3, 0.4) is 0 Å². The third-order valence-corrected chi connectivity index (χ3v) is 6.62. The molecule has 9 heteroatoms. The van der Waals surface area contributed by atoms with E-state index in [1.807, 2.05) is 0 Å². The van der Waals surface area contributed by atoms with Gasteiger partial charge >= 0.3 is 6.18 Å². The molecule has 1 saturated carbocycles. The van der Waals surface area contributed by atoms with Crippen molar-refractivity contribution in [2.75, 3.05) is 13.2 Å². The summed E-state index contributed by atoms with van der Waals surface area (Å²) >= 11 is 0. The van der Waals surface area contributed by atoms with Crippen molar-refractivity contribution < 1.29 is 32.7 Å². The molecule has 168 valence electrons. The number of likely N-dealkylation sites (tertiary alicyclic amines) is 2. The van der Waals surface area contributed by atoms with Gasteiger partial charge in [-0.25, -0.2) is 0 Å². The van der Waals surface area contributed by atoms with Crippen LogP contribution in [0.15, 0.2) is 24.3 Å². The average Bonchev–Trinajstić information content (AvgIpc) is 3.53. The SMILES string of the molecule is O=C1C[C@@](CC(=O)N2CCCC[C@@H]2CO)(c2cccc(C(F)(F)F)c2)C(=O)N1C1CC1. The van der Waals surface area contributed by atoms with E-state index in [0.29, 0.717) is 25.8 Å². The van der Waals surface area contributed by atoms with Crippen LogP contribution in [0.2, 0.25) is 0 Å². The fourth-order valence-electron chi connectivity index (χ4n) is 4.80. The third-order valence-electron chi connectivity index (χ3n) is 6.62. The number of hydrogen-bond donors (Lipinski definition) is 1. The zero-order valence-corrected chi connectivity index (χ0v) is 17.0. The Morgan fingerprint density at radius 3 is 2.55 bits per heavy atom. The van der Waals surface area contributed by atoms with E-state index in [9.17, 15) is 32.7 Å². The van der Waals surface area contributed by atoms with Gasteiger partial charge in [-0.15, -0.1) is 0 Å². The van der Waals surface area contributed by atoms with Gasteiger partial charge in [0.2, 0.25) is 17.7 Å². The fourth-order valence-corrected chi connectivity index (χ4v) is 4.80. The lowest BCUT2D eigenvalue weighted by Gasteiger charge is -2.37. The largest absolute Gasteiger partial charge is 0.416 e. The van der Waals surface area contributed by atoms with Gasteiger partial charge in [-0.2, -0.15) is 13.2 Å². The second-order valence-corrected chi connectivity index (χ2v) is 8.73. The summed E-state index contributed by atoms with van der Waals surface area (Å²) in [5, 5.41) is 9.65. The number of hydrogen-bond acceptors (Lipinski definition) is 4. The highest BCUT2D eigenvalue weighted by Gasteiger charge is 2.57. The predicted molar refractivity (Wildman–Crippen MR) is 104 cm³/mol. The number of benzene rings is 1. The number of nitrogens with zero attached hydrogens (tertiary/aromatic N) is 2. The maximum absolute atomic E-state index is 13.5. The number of carbonyl (C=O) groups is 3. The highest BCUT2D eigenvalue weighted by atomic mass is 19.4. The fraction of sp³-hybridized carbons (Fsp3) is 0.591. The van der Waals surface area contributed by atoms with E-state index in [1.165, 1.54) is 17.0 Å². The molecule has 2 aliphatic heterocycles. The maximum atomic E-state index is 13.5. The molecule has 3 amide bonds.